The molecule has 0 radical (unpaired) electrons. The molecule has 0 bridgehead atoms. The van der Waals surface area contributed by atoms with Crippen molar-refractivity contribution < 1.29 is 5.11 Å². The number of fused-ring (bicyclic) bond motifs is 1. The van der Waals surface area contributed by atoms with E-state index in [2.05, 4.69) is 35.0 Å². The van der Waals surface area contributed by atoms with E-state index in [9.17, 15) is 5.11 Å². The van der Waals surface area contributed by atoms with Crippen molar-refractivity contribution in [3.05, 3.63) is 58.9 Å². The third-order valence-electron chi connectivity index (χ3n) is 5.18. The van der Waals surface area contributed by atoms with Gasteiger partial charge >= 0.3 is 0 Å². The van der Waals surface area contributed by atoms with E-state index in [1.807, 2.05) is 43.9 Å². The first-order valence-corrected chi connectivity index (χ1v) is 9.78. The van der Waals surface area contributed by atoms with Crippen LogP contribution in [0.15, 0.2) is 41.5 Å². The maximum absolute atomic E-state index is 10.2. The van der Waals surface area contributed by atoms with E-state index in [0.29, 0.717) is 11.8 Å². The summed E-state index contributed by atoms with van der Waals surface area (Å²) in [5, 5.41) is 11.3. The maximum Gasteiger partial charge on any atom is 0.160 e. The van der Waals surface area contributed by atoms with Crippen LogP contribution in [0.5, 0.6) is 5.75 Å². The predicted octanol–water partition coefficient (Wildman–Crippen LogP) is 4.38. The number of nitrogens with zero attached hydrogens (tertiary/aromatic N) is 3. The number of phenols is 1. The van der Waals surface area contributed by atoms with Crippen LogP contribution >= 0.6 is 11.8 Å². The van der Waals surface area contributed by atoms with Gasteiger partial charge in [-0.15, -0.1) is 0 Å². The van der Waals surface area contributed by atoms with Gasteiger partial charge in [-0.3, -0.25) is 9.98 Å². The van der Waals surface area contributed by atoms with Gasteiger partial charge in [0.25, 0.3) is 0 Å². The minimum absolute atomic E-state index is 0.00129. The summed E-state index contributed by atoms with van der Waals surface area (Å²) in [6.45, 7) is 6.18. The zero-order valence-corrected chi connectivity index (χ0v) is 15.6. The second kappa shape index (κ2) is 6.37. The van der Waals surface area contributed by atoms with Crippen LogP contribution in [-0.4, -0.2) is 32.0 Å². The SMILES string of the molecule is CCC1CSC2=NC(c3ccccn3)C(c3cc(C)c(O)c(C)c3)N21. The van der Waals surface area contributed by atoms with Gasteiger partial charge in [-0.2, -0.15) is 0 Å². The monoisotopic (exact) mass is 353 g/mol. The lowest BCUT2D eigenvalue weighted by molar-refractivity contribution is 0.255. The van der Waals surface area contributed by atoms with Gasteiger partial charge in [0.15, 0.2) is 5.17 Å². The first-order valence-electron chi connectivity index (χ1n) is 8.80. The number of hydrogen-bond acceptors (Lipinski definition) is 5. The van der Waals surface area contributed by atoms with Gasteiger partial charge in [-0.1, -0.05) is 36.9 Å². The van der Waals surface area contributed by atoms with Crippen molar-refractivity contribution >= 4 is 16.9 Å². The lowest BCUT2D eigenvalue weighted by Gasteiger charge is -2.32. The fourth-order valence-corrected chi connectivity index (χ4v) is 5.21. The average molecular weight is 353 g/mol. The van der Waals surface area contributed by atoms with Crippen molar-refractivity contribution in [2.45, 2.75) is 45.3 Å². The summed E-state index contributed by atoms with van der Waals surface area (Å²) in [7, 11) is 0. The van der Waals surface area contributed by atoms with E-state index in [4.69, 9.17) is 4.99 Å². The normalized spacial score (nSPS) is 25.2. The Bertz CT molecular complexity index is 798. The molecule has 2 aromatic rings. The Balaban J connectivity index is 1.83. The minimum atomic E-state index is 0.00129. The maximum atomic E-state index is 10.2. The van der Waals surface area contributed by atoms with Crippen molar-refractivity contribution in [1.29, 1.82) is 0 Å². The van der Waals surface area contributed by atoms with Crippen molar-refractivity contribution in [3.8, 4) is 5.75 Å². The van der Waals surface area contributed by atoms with E-state index < -0.39 is 0 Å². The Kier molecular flexibility index (Phi) is 4.20. The van der Waals surface area contributed by atoms with Gasteiger partial charge in [-0.25, -0.2) is 0 Å². The average Bonchev–Trinajstić information content (AvgIpc) is 3.18. The molecule has 25 heavy (non-hydrogen) atoms. The standard InChI is InChI=1S/C20H23N3OS/c1-4-15-11-25-20-22-17(16-7-5-6-8-21-16)18(23(15)20)14-9-12(2)19(24)13(3)10-14/h5-10,15,17-18,24H,4,11H2,1-3H3. The molecule has 130 valence electrons. The summed E-state index contributed by atoms with van der Waals surface area (Å²) in [6, 6.07) is 10.9. The van der Waals surface area contributed by atoms with Crippen LogP contribution in [0.4, 0.5) is 0 Å². The molecule has 5 heteroatoms. The number of aryl methyl sites for hydroxylation is 2. The highest BCUT2D eigenvalue weighted by atomic mass is 32.2. The van der Waals surface area contributed by atoms with E-state index in [0.717, 1.165) is 34.2 Å². The smallest absolute Gasteiger partial charge is 0.160 e. The number of thioether (sulfide) groups is 1. The third-order valence-corrected chi connectivity index (χ3v) is 6.31. The number of amidine groups is 1. The lowest BCUT2D eigenvalue weighted by Crippen LogP contribution is -2.35. The van der Waals surface area contributed by atoms with Crippen LogP contribution in [-0.2, 0) is 0 Å². The second-order valence-corrected chi connectivity index (χ2v) is 7.83. The Morgan fingerprint density at radius 2 is 2.00 bits per heavy atom. The number of benzene rings is 1. The molecule has 1 N–H and O–H groups in total. The fourth-order valence-electron chi connectivity index (χ4n) is 3.87. The summed E-state index contributed by atoms with van der Waals surface area (Å²) < 4.78 is 0. The molecule has 2 aliphatic rings. The number of pyridine rings is 1. The van der Waals surface area contributed by atoms with Crippen LogP contribution in [0.1, 0.15) is 47.8 Å². The molecule has 0 saturated carbocycles. The van der Waals surface area contributed by atoms with Crippen LogP contribution in [0.25, 0.3) is 0 Å². The van der Waals surface area contributed by atoms with Gasteiger partial charge in [0, 0.05) is 18.0 Å². The molecule has 4 rings (SSSR count). The molecule has 1 aromatic carbocycles. The highest BCUT2D eigenvalue weighted by Crippen LogP contribution is 2.49. The second-order valence-electron chi connectivity index (χ2n) is 6.84. The Morgan fingerprint density at radius 1 is 1.24 bits per heavy atom. The summed E-state index contributed by atoms with van der Waals surface area (Å²) >= 11 is 1.85. The van der Waals surface area contributed by atoms with Crippen LogP contribution in [0.2, 0.25) is 0 Å². The largest absolute Gasteiger partial charge is 0.507 e. The molecular formula is C20H23N3OS. The molecular weight excluding hydrogens is 330 g/mol. The summed E-state index contributed by atoms with van der Waals surface area (Å²) in [4.78, 5) is 12.1. The van der Waals surface area contributed by atoms with Crippen LogP contribution in [0, 0.1) is 13.8 Å². The fraction of sp³-hybridized carbons (Fsp3) is 0.400. The minimum Gasteiger partial charge on any atom is -0.507 e. The highest BCUT2D eigenvalue weighted by Gasteiger charge is 2.45. The summed E-state index contributed by atoms with van der Waals surface area (Å²) in [6.07, 6.45) is 2.95. The molecule has 4 nitrogen and oxygen atoms in total. The third kappa shape index (κ3) is 2.71. The van der Waals surface area contributed by atoms with Crippen molar-refractivity contribution in [1.82, 2.24) is 9.88 Å². The summed E-state index contributed by atoms with van der Waals surface area (Å²) in [5.74, 6) is 1.48. The van der Waals surface area contributed by atoms with E-state index in [1.165, 1.54) is 5.56 Å². The zero-order valence-electron chi connectivity index (χ0n) is 14.8. The van der Waals surface area contributed by atoms with Crippen molar-refractivity contribution in [2.24, 2.45) is 4.99 Å². The molecule has 1 aromatic heterocycles. The van der Waals surface area contributed by atoms with Crippen LogP contribution < -0.4 is 0 Å². The van der Waals surface area contributed by atoms with Crippen molar-refractivity contribution in [3.63, 3.8) is 0 Å². The first-order chi connectivity index (χ1) is 12.1. The Labute approximate surface area is 153 Å². The lowest BCUT2D eigenvalue weighted by atomic mass is 9.92. The number of rotatable bonds is 3. The topological polar surface area (TPSA) is 48.7 Å². The summed E-state index contributed by atoms with van der Waals surface area (Å²) in [5.41, 5.74) is 4.06. The van der Waals surface area contributed by atoms with Crippen molar-refractivity contribution in [2.75, 3.05) is 5.75 Å². The molecule has 0 spiro atoms. The molecule has 3 unspecified atom stereocenters. The molecule has 0 aliphatic carbocycles. The molecule has 1 fully saturated rings. The molecule has 1 saturated heterocycles. The van der Waals surface area contributed by atoms with Gasteiger partial charge in [-0.05, 0) is 49.1 Å². The zero-order chi connectivity index (χ0) is 17.6. The highest BCUT2D eigenvalue weighted by molar-refractivity contribution is 8.14. The number of aromatic hydroxyl groups is 1. The molecule has 3 heterocycles. The number of aliphatic imine (C=N–C) groups is 1. The number of phenolic OH excluding ortho intramolecular Hbond substituents is 1. The van der Waals surface area contributed by atoms with E-state index in [1.54, 1.807) is 0 Å². The van der Waals surface area contributed by atoms with Gasteiger partial charge in [0.05, 0.1) is 11.7 Å². The quantitative estimate of drug-likeness (QED) is 0.889. The number of aromatic nitrogens is 1. The Hall–Kier alpha value is -2.01. The first kappa shape index (κ1) is 16.5. The van der Waals surface area contributed by atoms with Crippen LogP contribution in [0.3, 0.4) is 0 Å². The van der Waals surface area contributed by atoms with E-state index >= 15 is 0 Å². The number of hydrogen-bond donors (Lipinski definition) is 1. The molecule has 0 amide bonds. The predicted molar refractivity (Wildman–Crippen MR) is 103 cm³/mol. The Morgan fingerprint density at radius 3 is 2.64 bits per heavy atom. The van der Waals surface area contributed by atoms with Gasteiger partial charge in [0.2, 0.25) is 0 Å². The molecule has 2 aliphatic heterocycles. The van der Waals surface area contributed by atoms with Gasteiger partial charge < -0.3 is 10.0 Å². The van der Waals surface area contributed by atoms with E-state index in [-0.39, 0.29) is 12.1 Å². The van der Waals surface area contributed by atoms with Gasteiger partial charge in [0.1, 0.15) is 11.8 Å². The molecule has 3 atom stereocenters.